The first-order chi connectivity index (χ1) is 8.75. The number of piperidine rings is 1. The van der Waals surface area contributed by atoms with Gasteiger partial charge in [0.05, 0.1) is 0 Å². The molecule has 106 valence electrons. The quantitative estimate of drug-likeness (QED) is 0.891. The van der Waals surface area contributed by atoms with Gasteiger partial charge in [0, 0.05) is 12.5 Å². The average Bonchev–Trinajstić information content (AvgIpc) is 2.40. The van der Waals surface area contributed by atoms with Gasteiger partial charge in [0.25, 0.3) is 0 Å². The average molecular weight is 283 g/mol. The zero-order chi connectivity index (χ0) is 12.8. The van der Waals surface area contributed by atoms with Crippen LogP contribution >= 0.6 is 12.4 Å². The lowest BCUT2D eigenvalue weighted by Gasteiger charge is -2.24. The number of amides is 1. The van der Waals surface area contributed by atoms with E-state index in [1.165, 1.54) is 5.56 Å². The van der Waals surface area contributed by atoms with E-state index in [9.17, 15) is 4.79 Å². The number of nitrogens with one attached hydrogen (secondary N) is 2. The van der Waals surface area contributed by atoms with Gasteiger partial charge in [0.15, 0.2) is 0 Å². The number of carbonyl (C=O) groups is 1. The number of benzene rings is 1. The Bertz CT molecular complexity index is 377. The van der Waals surface area contributed by atoms with Crippen LogP contribution in [0.5, 0.6) is 0 Å². The fourth-order valence-corrected chi connectivity index (χ4v) is 2.43. The number of carbonyl (C=O) groups excluding carboxylic acids is 1. The molecular weight excluding hydrogens is 260 g/mol. The van der Waals surface area contributed by atoms with Crippen molar-refractivity contribution in [1.82, 2.24) is 10.6 Å². The molecule has 0 bridgehead atoms. The highest BCUT2D eigenvalue weighted by molar-refractivity contribution is 5.85. The van der Waals surface area contributed by atoms with E-state index in [2.05, 4.69) is 29.7 Å². The minimum atomic E-state index is 0. The maximum absolute atomic E-state index is 12.0. The van der Waals surface area contributed by atoms with E-state index in [0.717, 1.165) is 25.9 Å². The molecule has 3 nitrogen and oxygen atoms in total. The molecule has 2 rings (SSSR count). The van der Waals surface area contributed by atoms with Gasteiger partial charge in [-0.25, -0.2) is 0 Å². The van der Waals surface area contributed by atoms with Gasteiger partial charge in [-0.3, -0.25) is 4.79 Å². The summed E-state index contributed by atoms with van der Waals surface area (Å²) in [7, 11) is 0. The molecule has 1 aromatic carbocycles. The molecule has 0 aliphatic carbocycles. The summed E-state index contributed by atoms with van der Waals surface area (Å²) in [5.41, 5.74) is 1.23. The molecule has 0 spiro atoms. The van der Waals surface area contributed by atoms with Crippen LogP contribution in [0.4, 0.5) is 0 Å². The molecule has 1 aromatic rings. The Hall–Kier alpha value is -1.06. The van der Waals surface area contributed by atoms with Gasteiger partial charge >= 0.3 is 0 Å². The zero-order valence-corrected chi connectivity index (χ0v) is 12.2. The molecule has 0 saturated carbocycles. The normalized spacial score (nSPS) is 17.3. The van der Waals surface area contributed by atoms with E-state index in [1.807, 2.05) is 18.2 Å². The van der Waals surface area contributed by atoms with Gasteiger partial charge in [0.1, 0.15) is 0 Å². The van der Waals surface area contributed by atoms with Crippen LogP contribution in [0.25, 0.3) is 0 Å². The van der Waals surface area contributed by atoms with Crippen LogP contribution in [0.1, 0.15) is 37.7 Å². The maximum Gasteiger partial charge on any atom is 0.220 e. The summed E-state index contributed by atoms with van der Waals surface area (Å²) < 4.78 is 0. The van der Waals surface area contributed by atoms with Crippen molar-refractivity contribution in [3.8, 4) is 0 Å². The molecule has 1 aliphatic rings. The third kappa shape index (κ3) is 5.21. The molecule has 1 unspecified atom stereocenters. The minimum absolute atomic E-state index is 0. The number of rotatable bonds is 4. The number of hydrogen-bond acceptors (Lipinski definition) is 2. The Balaban J connectivity index is 0.00000180. The third-order valence-corrected chi connectivity index (χ3v) is 3.56. The maximum atomic E-state index is 12.0. The summed E-state index contributed by atoms with van der Waals surface area (Å²) in [4.78, 5) is 12.0. The molecule has 1 aliphatic heterocycles. The standard InChI is InChI=1S/C15H22N2O.ClH/c1-12(13-5-3-2-4-6-13)11-15(18)17-14-7-9-16-10-8-14;/h2-6,12,14,16H,7-11H2,1H3,(H,17,18);1H. The summed E-state index contributed by atoms with van der Waals surface area (Å²) >= 11 is 0. The largest absolute Gasteiger partial charge is 0.353 e. The second-order valence-corrected chi connectivity index (χ2v) is 5.11. The van der Waals surface area contributed by atoms with Gasteiger partial charge in [0.2, 0.25) is 5.91 Å². The van der Waals surface area contributed by atoms with Crippen molar-refractivity contribution in [2.45, 2.75) is 38.1 Å². The topological polar surface area (TPSA) is 41.1 Å². The lowest BCUT2D eigenvalue weighted by atomic mass is 9.97. The summed E-state index contributed by atoms with van der Waals surface area (Å²) in [6.45, 7) is 4.13. The lowest BCUT2D eigenvalue weighted by Crippen LogP contribution is -2.42. The first-order valence-electron chi connectivity index (χ1n) is 6.80. The number of halogens is 1. The highest BCUT2D eigenvalue weighted by Gasteiger charge is 2.17. The van der Waals surface area contributed by atoms with Crippen molar-refractivity contribution in [2.75, 3.05) is 13.1 Å². The predicted octanol–water partition coefficient (Wildman–Crippen LogP) is 2.47. The summed E-state index contributed by atoms with van der Waals surface area (Å²) in [5.74, 6) is 0.464. The Kier molecular flexibility index (Phi) is 6.89. The molecule has 0 radical (unpaired) electrons. The summed E-state index contributed by atoms with van der Waals surface area (Å²) in [5, 5.41) is 6.44. The summed E-state index contributed by atoms with van der Waals surface area (Å²) in [6.07, 6.45) is 2.67. The van der Waals surface area contributed by atoms with E-state index < -0.39 is 0 Å². The van der Waals surface area contributed by atoms with E-state index in [4.69, 9.17) is 0 Å². The van der Waals surface area contributed by atoms with Gasteiger partial charge in [-0.2, -0.15) is 0 Å². The molecule has 1 atom stereocenters. The van der Waals surface area contributed by atoms with E-state index >= 15 is 0 Å². The first kappa shape index (κ1) is 16.0. The summed E-state index contributed by atoms with van der Waals surface area (Å²) in [6, 6.07) is 10.6. The van der Waals surface area contributed by atoms with Crippen molar-refractivity contribution in [1.29, 1.82) is 0 Å². The van der Waals surface area contributed by atoms with Crippen molar-refractivity contribution in [2.24, 2.45) is 0 Å². The Morgan fingerprint density at radius 1 is 1.32 bits per heavy atom. The molecule has 1 amide bonds. The highest BCUT2D eigenvalue weighted by atomic mass is 35.5. The predicted molar refractivity (Wildman–Crippen MR) is 80.8 cm³/mol. The van der Waals surface area contributed by atoms with Crippen LogP contribution in [0.2, 0.25) is 0 Å². The second-order valence-electron chi connectivity index (χ2n) is 5.11. The molecule has 0 aromatic heterocycles. The minimum Gasteiger partial charge on any atom is -0.353 e. The van der Waals surface area contributed by atoms with Crippen molar-refractivity contribution in [3.63, 3.8) is 0 Å². The van der Waals surface area contributed by atoms with Crippen LogP contribution in [-0.2, 0) is 4.79 Å². The Morgan fingerprint density at radius 3 is 2.58 bits per heavy atom. The molecule has 1 saturated heterocycles. The van der Waals surface area contributed by atoms with E-state index in [0.29, 0.717) is 12.5 Å². The zero-order valence-electron chi connectivity index (χ0n) is 11.4. The molecular formula is C15H23ClN2O. The monoisotopic (exact) mass is 282 g/mol. The van der Waals surface area contributed by atoms with Crippen LogP contribution in [0.15, 0.2) is 30.3 Å². The molecule has 4 heteroatoms. The van der Waals surface area contributed by atoms with Gasteiger partial charge in [-0.05, 0) is 37.4 Å². The molecule has 19 heavy (non-hydrogen) atoms. The van der Waals surface area contributed by atoms with Crippen LogP contribution in [0.3, 0.4) is 0 Å². The fraction of sp³-hybridized carbons (Fsp3) is 0.533. The Labute approximate surface area is 121 Å². The molecule has 1 fully saturated rings. The van der Waals surface area contributed by atoms with Gasteiger partial charge in [-0.15, -0.1) is 12.4 Å². The third-order valence-electron chi connectivity index (χ3n) is 3.56. The van der Waals surface area contributed by atoms with Crippen molar-refractivity contribution in [3.05, 3.63) is 35.9 Å². The van der Waals surface area contributed by atoms with Crippen LogP contribution in [-0.4, -0.2) is 25.0 Å². The van der Waals surface area contributed by atoms with E-state index in [-0.39, 0.29) is 24.2 Å². The fourth-order valence-electron chi connectivity index (χ4n) is 2.43. The lowest BCUT2D eigenvalue weighted by molar-refractivity contribution is -0.122. The van der Waals surface area contributed by atoms with Crippen LogP contribution in [0, 0.1) is 0 Å². The van der Waals surface area contributed by atoms with E-state index in [1.54, 1.807) is 0 Å². The van der Waals surface area contributed by atoms with Gasteiger partial charge < -0.3 is 10.6 Å². The smallest absolute Gasteiger partial charge is 0.220 e. The number of hydrogen-bond donors (Lipinski definition) is 2. The second kappa shape index (κ2) is 8.18. The highest BCUT2D eigenvalue weighted by Crippen LogP contribution is 2.18. The van der Waals surface area contributed by atoms with Crippen molar-refractivity contribution < 1.29 is 4.79 Å². The van der Waals surface area contributed by atoms with Gasteiger partial charge in [-0.1, -0.05) is 37.3 Å². The first-order valence-corrected chi connectivity index (χ1v) is 6.80. The molecule has 1 heterocycles. The van der Waals surface area contributed by atoms with Crippen LogP contribution < -0.4 is 10.6 Å². The SMILES string of the molecule is CC(CC(=O)NC1CCNCC1)c1ccccc1.Cl. The Morgan fingerprint density at radius 2 is 1.95 bits per heavy atom. The molecule has 2 N–H and O–H groups in total. The van der Waals surface area contributed by atoms with Crippen molar-refractivity contribution >= 4 is 18.3 Å².